The van der Waals surface area contributed by atoms with E-state index in [1.165, 1.54) is 71.8 Å². The summed E-state index contributed by atoms with van der Waals surface area (Å²) in [5.74, 6) is 0. The molecule has 0 radical (unpaired) electrons. The minimum absolute atomic E-state index is 1.07. The van der Waals surface area contributed by atoms with Gasteiger partial charge < -0.3 is 0 Å². The fraction of sp³-hybridized carbons (Fsp3) is 0.194. The first-order valence-corrected chi connectivity index (χ1v) is 11.3. The third-order valence-corrected chi connectivity index (χ3v) is 7.21. The van der Waals surface area contributed by atoms with Gasteiger partial charge in [-0.15, -0.1) is 0 Å². The smallest absolute Gasteiger partial charge is 0.0792 e. The predicted molar refractivity (Wildman–Crippen MR) is 139 cm³/mol. The predicted octanol–water partition coefficient (Wildman–Crippen LogP) is 8.57. The van der Waals surface area contributed by atoms with Gasteiger partial charge in [-0.05, 0) is 108 Å². The maximum Gasteiger partial charge on any atom is 0.0792 e. The Kier molecular flexibility index (Phi) is 4.86. The molecule has 0 unspecified atom stereocenters. The highest BCUT2D eigenvalue weighted by Gasteiger charge is 2.18. The van der Waals surface area contributed by atoms with E-state index >= 15 is 0 Å². The number of hydrogen-bond acceptors (Lipinski definition) is 1. The summed E-state index contributed by atoms with van der Waals surface area (Å²) in [6.45, 7) is 13.2. The second-order valence-corrected chi connectivity index (χ2v) is 9.17. The molecule has 5 rings (SSSR count). The first-order chi connectivity index (χ1) is 15.4. The lowest BCUT2D eigenvalue weighted by atomic mass is 9.85. The number of nitrogens with zero attached hydrogens (tertiary/aromatic N) is 1. The lowest BCUT2D eigenvalue weighted by Gasteiger charge is -2.19. The Morgan fingerprint density at radius 2 is 0.938 bits per heavy atom. The zero-order chi connectivity index (χ0) is 22.6. The van der Waals surface area contributed by atoms with Gasteiger partial charge >= 0.3 is 0 Å². The van der Waals surface area contributed by atoms with Crippen molar-refractivity contribution in [2.24, 2.45) is 0 Å². The van der Waals surface area contributed by atoms with Gasteiger partial charge in [0.15, 0.2) is 0 Å². The van der Waals surface area contributed by atoms with E-state index in [0.717, 1.165) is 5.52 Å². The molecule has 0 saturated carbocycles. The Labute approximate surface area is 190 Å². The van der Waals surface area contributed by atoms with Crippen LogP contribution in [0.15, 0.2) is 66.9 Å². The summed E-state index contributed by atoms with van der Waals surface area (Å²) in [5, 5.41) is 3.74. The van der Waals surface area contributed by atoms with Crippen LogP contribution in [0.1, 0.15) is 33.4 Å². The van der Waals surface area contributed by atoms with E-state index in [2.05, 4.69) is 102 Å². The quantitative estimate of drug-likeness (QED) is 0.263. The van der Waals surface area contributed by atoms with Crippen molar-refractivity contribution >= 4 is 21.7 Å². The Hall–Kier alpha value is -3.45. The van der Waals surface area contributed by atoms with Crippen LogP contribution in [0.2, 0.25) is 0 Å². The van der Waals surface area contributed by atoms with Gasteiger partial charge in [0.2, 0.25) is 0 Å². The molecule has 0 spiro atoms. The van der Waals surface area contributed by atoms with E-state index in [1.54, 1.807) is 0 Å². The molecule has 32 heavy (non-hydrogen) atoms. The monoisotopic (exact) mass is 415 g/mol. The van der Waals surface area contributed by atoms with Crippen molar-refractivity contribution in [3.63, 3.8) is 0 Å². The van der Waals surface area contributed by atoms with Gasteiger partial charge in [0.05, 0.1) is 5.52 Å². The molecule has 4 aromatic carbocycles. The normalized spacial score (nSPS) is 11.4. The molecule has 0 saturated heterocycles. The van der Waals surface area contributed by atoms with E-state index < -0.39 is 0 Å². The molecule has 0 atom stereocenters. The van der Waals surface area contributed by atoms with Crippen LogP contribution in [-0.2, 0) is 0 Å². The maximum atomic E-state index is 4.94. The van der Waals surface area contributed by atoms with Gasteiger partial charge in [-0.25, -0.2) is 0 Å². The Morgan fingerprint density at radius 1 is 0.500 bits per heavy atom. The molecule has 0 aliphatic carbocycles. The largest absolute Gasteiger partial charge is 0.256 e. The molecule has 0 amide bonds. The van der Waals surface area contributed by atoms with E-state index in [9.17, 15) is 0 Å². The standard InChI is InChI=1S/C31H29N/c1-18-14-24(15-19(2)22(18)5)29-26-10-7-8-11-27(26)30(31-28(29)12-9-13-32-31)25-16-20(3)23(6)21(4)17-25/h7-17H,1-6H3. The lowest BCUT2D eigenvalue weighted by Crippen LogP contribution is -1.96. The van der Waals surface area contributed by atoms with Crippen molar-refractivity contribution in [3.8, 4) is 22.3 Å². The van der Waals surface area contributed by atoms with Crippen LogP contribution in [0, 0.1) is 41.5 Å². The Balaban J connectivity index is 1.97. The highest BCUT2D eigenvalue weighted by molar-refractivity contribution is 6.20. The fourth-order valence-corrected chi connectivity index (χ4v) is 4.96. The topological polar surface area (TPSA) is 12.9 Å². The van der Waals surface area contributed by atoms with Gasteiger partial charge in [-0.3, -0.25) is 4.98 Å². The molecule has 5 aromatic rings. The summed E-state index contributed by atoms with van der Waals surface area (Å²) in [7, 11) is 0. The number of rotatable bonds is 2. The molecule has 1 heterocycles. The lowest BCUT2D eigenvalue weighted by molar-refractivity contribution is 1.27. The van der Waals surface area contributed by atoms with E-state index in [0.29, 0.717) is 0 Å². The molecule has 1 heteroatoms. The summed E-state index contributed by atoms with van der Waals surface area (Å²) in [5.41, 5.74) is 14.1. The number of benzene rings is 4. The van der Waals surface area contributed by atoms with Crippen molar-refractivity contribution in [1.82, 2.24) is 4.98 Å². The highest BCUT2D eigenvalue weighted by Crippen LogP contribution is 2.43. The molecule has 0 N–H and O–H groups in total. The third-order valence-electron chi connectivity index (χ3n) is 7.21. The average molecular weight is 416 g/mol. The molecule has 0 bridgehead atoms. The molecular weight excluding hydrogens is 386 g/mol. The fourth-order valence-electron chi connectivity index (χ4n) is 4.96. The summed E-state index contributed by atoms with van der Waals surface area (Å²) in [6, 6.07) is 22.4. The minimum atomic E-state index is 1.07. The summed E-state index contributed by atoms with van der Waals surface area (Å²) in [4.78, 5) is 4.94. The molecule has 0 aliphatic heterocycles. The van der Waals surface area contributed by atoms with Crippen LogP contribution in [0.4, 0.5) is 0 Å². The van der Waals surface area contributed by atoms with Crippen LogP contribution in [0.3, 0.4) is 0 Å². The van der Waals surface area contributed by atoms with Gasteiger partial charge in [0, 0.05) is 17.1 Å². The second kappa shape index (κ2) is 7.60. The summed E-state index contributed by atoms with van der Waals surface area (Å²) >= 11 is 0. The number of fused-ring (bicyclic) bond motifs is 2. The molecule has 0 aliphatic rings. The van der Waals surface area contributed by atoms with Gasteiger partial charge in [0.25, 0.3) is 0 Å². The second-order valence-electron chi connectivity index (χ2n) is 9.17. The van der Waals surface area contributed by atoms with Crippen molar-refractivity contribution in [1.29, 1.82) is 0 Å². The number of pyridine rings is 1. The molecule has 0 fully saturated rings. The zero-order valence-corrected chi connectivity index (χ0v) is 19.8. The van der Waals surface area contributed by atoms with Crippen LogP contribution in [-0.4, -0.2) is 4.98 Å². The van der Waals surface area contributed by atoms with Crippen LogP contribution >= 0.6 is 0 Å². The van der Waals surface area contributed by atoms with Gasteiger partial charge in [0.1, 0.15) is 0 Å². The summed E-state index contributed by atoms with van der Waals surface area (Å²) < 4.78 is 0. The van der Waals surface area contributed by atoms with Crippen molar-refractivity contribution in [3.05, 3.63) is 100 Å². The summed E-state index contributed by atoms with van der Waals surface area (Å²) in [6.07, 6.45) is 1.92. The Bertz CT molecular complexity index is 1300. The van der Waals surface area contributed by atoms with Gasteiger partial charge in [-0.1, -0.05) is 54.6 Å². The molecule has 1 aromatic heterocycles. The number of aromatic nitrogens is 1. The van der Waals surface area contributed by atoms with Crippen molar-refractivity contribution in [2.45, 2.75) is 41.5 Å². The van der Waals surface area contributed by atoms with Crippen LogP contribution in [0.25, 0.3) is 43.9 Å². The van der Waals surface area contributed by atoms with Gasteiger partial charge in [-0.2, -0.15) is 0 Å². The molecular formula is C31H29N. The molecule has 158 valence electrons. The van der Waals surface area contributed by atoms with E-state index in [1.807, 2.05) is 6.20 Å². The SMILES string of the molecule is Cc1cc(-c2c3ccccc3c(-c3cc(C)c(C)c(C)c3)c3ncccc23)cc(C)c1C. The molecule has 1 nitrogen and oxygen atoms in total. The first-order valence-electron chi connectivity index (χ1n) is 11.3. The highest BCUT2D eigenvalue weighted by atomic mass is 14.7. The van der Waals surface area contributed by atoms with Crippen molar-refractivity contribution in [2.75, 3.05) is 0 Å². The number of hydrogen-bond donors (Lipinski definition) is 0. The van der Waals surface area contributed by atoms with E-state index in [4.69, 9.17) is 4.98 Å². The minimum Gasteiger partial charge on any atom is -0.256 e. The Morgan fingerprint density at radius 3 is 1.47 bits per heavy atom. The van der Waals surface area contributed by atoms with Crippen LogP contribution in [0.5, 0.6) is 0 Å². The average Bonchev–Trinajstić information content (AvgIpc) is 2.78. The third kappa shape index (κ3) is 3.12. The number of aryl methyl sites for hydroxylation is 4. The van der Waals surface area contributed by atoms with Crippen LogP contribution < -0.4 is 0 Å². The van der Waals surface area contributed by atoms with Crippen molar-refractivity contribution < 1.29 is 0 Å². The zero-order valence-electron chi connectivity index (χ0n) is 19.8. The maximum absolute atomic E-state index is 4.94. The van der Waals surface area contributed by atoms with E-state index in [-0.39, 0.29) is 0 Å². The first kappa shape index (κ1) is 20.5.